The smallest absolute Gasteiger partial charge is 0.303 e. The summed E-state index contributed by atoms with van der Waals surface area (Å²) in [4.78, 5) is 12.8. The van der Waals surface area contributed by atoms with Crippen LogP contribution in [0.25, 0.3) is 0 Å². The summed E-state index contributed by atoms with van der Waals surface area (Å²) in [5.41, 5.74) is 1.18. The van der Waals surface area contributed by atoms with Gasteiger partial charge in [0.2, 0.25) is 0 Å². The highest BCUT2D eigenvalue weighted by Crippen LogP contribution is 2.32. The number of hydrogen-bond donors (Lipinski definition) is 1. The molecule has 1 aromatic rings. The van der Waals surface area contributed by atoms with Crippen molar-refractivity contribution in [3.8, 4) is 11.5 Å². The minimum Gasteiger partial charge on any atom is -0.486 e. The van der Waals surface area contributed by atoms with Crippen molar-refractivity contribution in [2.75, 3.05) is 26.3 Å². The van der Waals surface area contributed by atoms with Crippen LogP contribution in [0.5, 0.6) is 11.5 Å². The third kappa shape index (κ3) is 2.81. The Labute approximate surface area is 111 Å². The number of carboxylic acid groups (broad SMARTS) is 1. The lowest BCUT2D eigenvalue weighted by atomic mass is 9.96. The van der Waals surface area contributed by atoms with Crippen molar-refractivity contribution < 1.29 is 19.4 Å². The average Bonchev–Trinajstić information content (AvgIpc) is 2.35. The van der Waals surface area contributed by atoms with E-state index >= 15 is 0 Å². The first-order valence-corrected chi connectivity index (χ1v) is 6.53. The Morgan fingerprint density at radius 3 is 2.74 bits per heavy atom. The molecule has 0 spiro atoms. The van der Waals surface area contributed by atoms with E-state index in [0.29, 0.717) is 19.1 Å². The highest BCUT2D eigenvalue weighted by molar-refractivity contribution is 5.67. The molecule has 2 aliphatic rings. The van der Waals surface area contributed by atoms with Crippen molar-refractivity contribution >= 4 is 5.97 Å². The summed E-state index contributed by atoms with van der Waals surface area (Å²) in [7, 11) is 0. The molecule has 0 unspecified atom stereocenters. The number of carboxylic acids is 1. The normalized spacial score (nSPS) is 18.9. The first kappa shape index (κ1) is 12.3. The molecule has 0 atom stereocenters. The Bertz CT molecular complexity index is 482. The molecule has 5 heteroatoms. The fourth-order valence-corrected chi connectivity index (χ4v) is 2.63. The molecule has 3 rings (SSSR count). The van der Waals surface area contributed by atoms with Crippen molar-refractivity contribution in [3.63, 3.8) is 0 Å². The maximum atomic E-state index is 10.6. The van der Waals surface area contributed by atoms with Crippen LogP contribution in [0.15, 0.2) is 18.2 Å². The van der Waals surface area contributed by atoms with E-state index in [2.05, 4.69) is 4.90 Å². The molecule has 0 aliphatic carbocycles. The minimum atomic E-state index is -0.705. The van der Waals surface area contributed by atoms with Crippen LogP contribution in [0.4, 0.5) is 0 Å². The van der Waals surface area contributed by atoms with Gasteiger partial charge in [-0.3, -0.25) is 9.69 Å². The van der Waals surface area contributed by atoms with Crippen molar-refractivity contribution in [1.29, 1.82) is 0 Å². The Kier molecular flexibility index (Phi) is 3.29. The van der Waals surface area contributed by atoms with Crippen molar-refractivity contribution in [2.24, 2.45) is 5.92 Å². The number of rotatable bonds is 4. The van der Waals surface area contributed by atoms with Crippen LogP contribution in [0.3, 0.4) is 0 Å². The number of hydrogen-bond acceptors (Lipinski definition) is 4. The van der Waals surface area contributed by atoms with Gasteiger partial charge >= 0.3 is 5.97 Å². The first-order chi connectivity index (χ1) is 9.20. The predicted octanol–water partition coefficient (Wildman–Crippen LogP) is 1.36. The van der Waals surface area contributed by atoms with E-state index < -0.39 is 5.97 Å². The predicted molar refractivity (Wildman–Crippen MR) is 68.5 cm³/mol. The fraction of sp³-hybridized carbons (Fsp3) is 0.500. The highest BCUT2D eigenvalue weighted by atomic mass is 16.6. The number of aliphatic carboxylic acids is 1. The topological polar surface area (TPSA) is 59.0 Å². The summed E-state index contributed by atoms with van der Waals surface area (Å²) in [5, 5.41) is 8.71. The second-order valence-corrected chi connectivity index (χ2v) is 5.14. The molecular weight excluding hydrogens is 246 g/mol. The number of benzene rings is 1. The van der Waals surface area contributed by atoms with Gasteiger partial charge in [0.05, 0.1) is 6.42 Å². The quantitative estimate of drug-likeness (QED) is 0.889. The minimum absolute atomic E-state index is 0.275. The summed E-state index contributed by atoms with van der Waals surface area (Å²) in [6.45, 7) is 3.77. The van der Waals surface area contributed by atoms with Gasteiger partial charge in [-0.05, 0) is 23.6 Å². The molecule has 0 amide bonds. The molecule has 1 saturated heterocycles. The van der Waals surface area contributed by atoms with Crippen LogP contribution in [0, 0.1) is 5.92 Å². The second kappa shape index (κ2) is 5.09. The van der Waals surface area contributed by atoms with Gasteiger partial charge in [0.15, 0.2) is 11.5 Å². The Hall–Kier alpha value is -1.75. The number of nitrogens with zero attached hydrogens (tertiary/aromatic N) is 1. The summed E-state index contributed by atoms with van der Waals surface area (Å²) in [6, 6.07) is 6.00. The molecule has 1 fully saturated rings. The van der Waals surface area contributed by atoms with Crippen molar-refractivity contribution in [2.45, 2.75) is 13.0 Å². The molecule has 1 N–H and O–H groups in total. The molecule has 0 bridgehead atoms. The lowest BCUT2D eigenvalue weighted by Gasteiger charge is -2.38. The summed E-state index contributed by atoms with van der Waals surface area (Å²) in [5.74, 6) is 1.22. The van der Waals surface area contributed by atoms with Gasteiger partial charge in [0, 0.05) is 19.6 Å². The summed E-state index contributed by atoms with van der Waals surface area (Å²) < 4.78 is 11.0. The van der Waals surface area contributed by atoms with E-state index in [0.717, 1.165) is 31.1 Å². The van der Waals surface area contributed by atoms with E-state index in [1.807, 2.05) is 18.2 Å². The van der Waals surface area contributed by atoms with E-state index in [-0.39, 0.29) is 6.42 Å². The second-order valence-electron chi connectivity index (χ2n) is 5.14. The first-order valence-electron chi connectivity index (χ1n) is 6.53. The molecule has 2 heterocycles. The number of ether oxygens (including phenoxy) is 2. The number of likely N-dealkylation sites (tertiary alicyclic amines) is 1. The monoisotopic (exact) mass is 263 g/mol. The fourth-order valence-electron chi connectivity index (χ4n) is 2.63. The zero-order chi connectivity index (χ0) is 13.2. The van der Waals surface area contributed by atoms with Gasteiger partial charge in [0.1, 0.15) is 13.2 Å². The molecule has 1 aromatic carbocycles. The van der Waals surface area contributed by atoms with Crippen LogP contribution in [0.2, 0.25) is 0 Å². The van der Waals surface area contributed by atoms with E-state index in [9.17, 15) is 4.79 Å². The Balaban J connectivity index is 1.55. The summed E-state index contributed by atoms with van der Waals surface area (Å²) in [6.07, 6.45) is 0.275. The third-order valence-electron chi connectivity index (χ3n) is 3.51. The SMILES string of the molecule is O=C(O)CC1CN(Cc2ccc3c(c2)OCCO3)C1. The van der Waals surface area contributed by atoms with E-state index in [1.54, 1.807) is 0 Å². The summed E-state index contributed by atoms with van der Waals surface area (Å²) >= 11 is 0. The van der Waals surface area contributed by atoms with Crippen LogP contribution in [-0.4, -0.2) is 42.3 Å². The van der Waals surface area contributed by atoms with Gasteiger partial charge in [-0.15, -0.1) is 0 Å². The molecule has 0 aromatic heterocycles. The van der Waals surface area contributed by atoms with Crippen LogP contribution in [0.1, 0.15) is 12.0 Å². The van der Waals surface area contributed by atoms with Gasteiger partial charge in [-0.1, -0.05) is 6.07 Å². The molecular formula is C14H17NO4. The van der Waals surface area contributed by atoms with Crippen LogP contribution < -0.4 is 9.47 Å². The standard InChI is InChI=1S/C14H17NO4/c16-14(17)6-11-8-15(9-11)7-10-1-2-12-13(5-10)19-4-3-18-12/h1-2,5,11H,3-4,6-9H2,(H,16,17). The molecule has 0 radical (unpaired) electrons. The van der Waals surface area contributed by atoms with Gasteiger partial charge in [-0.25, -0.2) is 0 Å². The average molecular weight is 263 g/mol. The van der Waals surface area contributed by atoms with Crippen LogP contribution in [-0.2, 0) is 11.3 Å². The van der Waals surface area contributed by atoms with Gasteiger partial charge in [-0.2, -0.15) is 0 Å². The van der Waals surface area contributed by atoms with E-state index in [4.69, 9.17) is 14.6 Å². The van der Waals surface area contributed by atoms with Crippen molar-refractivity contribution in [1.82, 2.24) is 4.90 Å². The molecule has 102 valence electrons. The third-order valence-corrected chi connectivity index (χ3v) is 3.51. The molecule has 19 heavy (non-hydrogen) atoms. The van der Waals surface area contributed by atoms with Gasteiger partial charge in [0.25, 0.3) is 0 Å². The lowest BCUT2D eigenvalue weighted by Crippen LogP contribution is -2.46. The largest absolute Gasteiger partial charge is 0.486 e. The maximum Gasteiger partial charge on any atom is 0.303 e. The lowest BCUT2D eigenvalue weighted by molar-refractivity contribution is -0.139. The maximum absolute atomic E-state index is 10.6. The molecule has 0 saturated carbocycles. The van der Waals surface area contributed by atoms with E-state index in [1.165, 1.54) is 5.56 Å². The number of carbonyl (C=O) groups is 1. The zero-order valence-corrected chi connectivity index (χ0v) is 10.7. The van der Waals surface area contributed by atoms with Gasteiger partial charge < -0.3 is 14.6 Å². The molecule has 5 nitrogen and oxygen atoms in total. The Morgan fingerprint density at radius 1 is 1.26 bits per heavy atom. The van der Waals surface area contributed by atoms with Crippen LogP contribution >= 0.6 is 0 Å². The number of fused-ring (bicyclic) bond motifs is 1. The van der Waals surface area contributed by atoms with Crippen molar-refractivity contribution in [3.05, 3.63) is 23.8 Å². The highest BCUT2D eigenvalue weighted by Gasteiger charge is 2.28. The zero-order valence-electron chi connectivity index (χ0n) is 10.7. The molecule has 2 aliphatic heterocycles. The Morgan fingerprint density at radius 2 is 2.00 bits per heavy atom.